The summed E-state index contributed by atoms with van der Waals surface area (Å²) in [5.41, 5.74) is -0.752. The first-order valence-electron chi connectivity index (χ1n) is 4.68. The fraction of sp³-hybridized carbons (Fsp3) is 0.778. The van der Waals surface area contributed by atoms with Crippen molar-refractivity contribution in [3.63, 3.8) is 0 Å². The monoisotopic (exact) mass is 200 g/mol. The highest BCUT2D eigenvalue weighted by atomic mass is 16.3. The molecule has 0 spiro atoms. The highest BCUT2D eigenvalue weighted by Gasteiger charge is 2.28. The van der Waals surface area contributed by atoms with Gasteiger partial charge in [0.2, 0.25) is 0 Å². The van der Waals surface area contributed by atoms with Crippen LogP contribution in [0.1, 0.15) is 26.7 Å². The van der Waals surface area contributed by atoms with E-state index in [0.717, 1.165) is 12.8 Å². The average Bonchev–Trinajstić information content (AvgIpc) is 2.87. The van der Waals surface area contributed by atoms with Crippen molar-refractivity contribution in [1.29, 1.82) is 0 Å². The number of hydrogen-bond donors (Lipinski definition) is 3. The number of aliphatic hydroxyl groups excluding tert-OH is 1. The minimum atomic E-state index is -0.752. The molecular formula is C9H16N2O3. The minimum absolute atomic E-state index is 0.172. The fourth-order valence-electron chi connectivity index (χ4n) is 0.882. The average molecular weight is 200 g/mol. The van der Waals surface area contributed by atoms with E-state index in [2.05, 4.69) is 10.6 Å². The Morgan fingerprint density at radius 1 is 1.36 bits per heavy atom. The summed E-state index contributed by atoms with van der Waals surface area (Å²) in [6.45, 7) is 3.10. The van der Waals surface area contributed by atoms with Gasteiger partial charge in [-0.1, -0.05) is 0 Å². The number of hydrogen-bond acceptors (Lipinski definition) is 3. The molecule has 5 nitrogen and oxygen atoms in total. The summed E-state index contributed by atoms with van der Waals surface area (Å²) in [5.74, 6) is -1.30. The van der Waals surface area contributed by atoms with Gasteiger partial charge in [-0.2, -0.15) is 0 Å². The summed E-state index contributed by atoms with van der Waals surface area (Å²) >= 11 is 0. The largest absolute Gasteiger partial charge is 0.394 e. The molecule has 1 aliphatic carbocycles. The number of rotatable bonds is 3. The number of nitrogens with one attached hydrogen (secondary N) is 2. The molecule has 0 heterocycles. The van der Waals surface area contributed by atoms with Crippen LogP contribution in [-0.4, -0.2) is 35.1 Å². The third-order valence-corrected chi connectivity index (χ3v) is 1.97. The van der Waals surface area contributed by atoms with E-state index in [0.29, 0.717) is 0 Å². The van der Waals surface area contributed by atoms with Gasteiger partial charge in [0.05, 0.1) is 12.1 Å². The van der Waals surface area contributed by atoms with Crippen LogP contribution in [0, 0.1) is 0 Å². The quantitative estimate of drug-likeness (QED) is 0.519. The van der Waals surface area contributed by atoms with Crippen LogP contribution in [0.5, 0.6) is 0 Å². The lowest BCUT2D eigenvalue weighted by Gasteiger charge is -2.22. The van der Waals surface area contributed by atoms with E-state index in [1.165, 1.54) is 0 Å². The number of carbonyl (C=O) groups excluding carboxylic acids is 2. The first-order valence-corrected chi connectivity index (χ1v) is 4.68. The van der Waals surface area contributed by atoms with Gasteiger partial charge in [-0.25, -0.2) is 0 Å². The lowest BCUT2D eigenvalue weighted by molar-refractivity contribution is -0.140. The van der Waals surface area contributed by atoms with Gasteiger partial charge < -0.3 is 15.7 Å². The van der Waals surface area contributed by atoms with Crippen molar-refractivity contribution in [2.75, 3.05) is 6.61 Å². The molecule has 14 heavy (non-hydrogen) atoms. The third-order valence-electron chi connectivity index (χ3n) is 1.97. The van der Waals surface area contributed by atoms with Crippen LogP contribution in [0.2, 0.25) is 0 Å². The summed E-state index contributed by atoms with van der Waals surface area (Å²) in [6.07, 6.45) is 1.89. The van der Waals surface area contributed by atoms with E-state index >= 15 is 0 Å². The molecule has 0 saturated heterocycles. The second-order valence-electron chi connectivity index (χ2n) is 4.24. The summed E-state index contributed by atoms with van der Waals surface area (Å²) in [7, 11) is 0. The zero-order valence-corrected chi connectivity index (χ0v) is 8.46. The van der Waals surface area contributed by atoms with Gasteiger partial charge in [-0.15, -0.1) is 0 Å². The van der Waals surface area contributed by atoms with Gasteiger partial charge in [-0.3, -0.25) is 9.59 Å². The second-order valence-corrected chi connectivity index (χ2v) is 4.24. The van der Waals surface area contributed by atoms with Gasteiger partial charge in [0.15, 0.2) is 0 Å². The normalized spacial score (nSPS) is 16.2. The Bertz CT molecular complexity index is 246. The zero-order valence-electron chi connectivity index (χ0n) is 8.46. The molecule has 1 rings (SSSR count). The molecule has 0 aromatic rings. The summed E-state index contributed by atoms with van der Waals surface area (Å²) in [5, 5.41) is 13.9. The van der Waals surface area contributed by atoms with Crippen LogP contribution in [0.3, 0.4) is 0 Å². The Morgan fingerprint density at radius 3 is 2.36 bits per heavy atom. The number of amides is 2. The predicted molar refractivity (Wildman–Crippen MR) is 50.5 cm³/mol. The smallest absolute Gasteiger partial charge is 0.309 e. The maximum absolute atomic E-state index is 11.2. The Morgan fingerprint density at radius 2 is 1.93 bits per heavy atom. The van der Waals surface area contributed by atoms with Crippen LogP contribution in [-0.2, 0) is 9.59 Å². The molecule has 0 aromatic heterocycles. The Labute approximate surface area is 82.9 Å². The van der Waals surface area contributed by atoms with Gasteiger partial charge in [0.25, 0.3) is 0 Å². The summed E-state index contributed by atoms with van der Waals surface area (Å²) in [6, 6.07) is 0.172. The highest BCUT2D eigenvalue weighted by molar-refractivity contribution is 6.35. The topological polar surface area (TPSA) is 78.4 Å². The van der Waals surface area contributed by atoms with Crippen LogP contribution < -0.4 is 10.6 Å². The Balaban J connectivity index is 2.36. The van der Waals surface area contributed by atoms with Crippen LogP contribution in [0.15, 0.2) is 0 Å². The lowest BCUT2D eigenvalue weighted by atomic mass is 10.1. The first kappa shape index (κ1) is 11.0. The second kappa shape index (κ2) is 3.96. The molecular weight excluding hydrogens is 184 g/mol. The van der Waals surface area contributed by atoms with E-state index < -0.39 is 17.4 Å². The van der Waals surface area contributed by atoms with Crippen molar-refractivity contribution in [2.24, 2.45) is 0 Å². The van der Waals surface area contributed by atoms with Gasteiger partial charge in [0, 0.05) is 6.04 Å². The Kier molecular flexibility index (Phi) is 3.10. The molecule has 2 amide bonds. The first-order chi connectivity index (χ1) is 6.44. The molecule has 3 N–H and O–H groups in total. The lowest BCUT2D eigenvalue weighted by Crippen LogP contribution is -2.51. The molecule has 0 unspecified atom stereocenters. The number of aliphatic hydroxyl groups is 1. The van der Waals surface area contributed by atoms with Crippen molar-refractivity contribution in [2.45, 2.75) is 38.3 Å². The van der Waals surface area contributed by atoms with E-state index in [9.17, 15) is 9.59 Å². The fourth-order valence-corrected chi connectivity index (χ4v) is 0.882. The van der Waals surface area contributed by atoms with E-state index in [-0.39, 0.29) is 12.6 Å². The van der Waals surface area contributed by atoms with Crippen molar-refractivity contribution in [1.82, 2.24) is 10.6 Å². The SMILES string of the molecule is CC(C)(CO)NC(=O)C(=O)NC1CC1. The van der Waals surface area contributed by atoms with Gasteiger partial charge >= 0.3 is 11.8 Å². The van der Waals surface area contributed by atoms with Gasteiger partial charge in [0.1, 0.15) is 0 Å². The third kappa shape index (κ3) is 3.33. The van der Waals surface area contributed by atoms with Crippen LogP contribution in [0.25, 0.3) is 0 Å². The molecule has 5 heteroatoms. The van der Waals surface area contributed by atoms with Crippen molar-refractivity contribution in [3.05, 3.63) is 0 Å². The molecule has 1 fully saturated rings. The molecule has 0 atom stereocenters. The van der Waals surface area contributed by atoms with Crippen LogP contribution >= 0.6 is 0 Å². The molecule has 0 aromatic carbocycles. The van der Waals surface area contributed by atoms with E-state index in [1.807, 2.05) is 0 Å². The van der Waals surface area contributed by atoms with E-state index in [1.54, 1.807) is 13.8 Å². The molecule has 0 bridgehead atoms. The predicted octanol–water partition coefficient (Wildman–Crippen LogP) is -0.848. The molecule has 80 valence electrons. The summed E-state index contributed by atoms with van der Waals surface area (Å²) < 4.78 is 0. The number of carbonyl (C=O) groups is 2. The molecule has 0 radical (unpaired) electrons. The maximum atomic E-state index is 11.2. The van der Waals surface area contributed by atoms with E-state index in [4.69, 9.17) is 5.11 Å². The summed E-state index contributed by atoms with van der Waals surface area (Å²) in [4.78, 5) is 22.4. The standard InChI is InChI=1S/C9H16N2O3/c1-9(2,5-12)11-8(14)7(13)10-6-3-4-6/h6,12H,3-5H2,1-2H3,(H,10,13)(H,11,14). The van der Waals surface area contributed by atoms with Crippen molar-refractivity contribution >= 4 is 11.8 Å². The molecule has 0 aliphatic heterocycles. The zero-order chi connectivity index (χ0) is 10.8. The molecule has 1 saturated carbocycles. The Hall–Kier alpha value is -1.10. The van der Waals surface area contributed by atoms with Crippen LogP contribution in [0.4, 0.5) is 0 Å². The minimum Gasteiger partial charge on any atom is -0.394 e. The van der Waals surface area contributed by atoms with Crippen molar-refractivity contribution < 1.29 is 14.7 Å². The van der Waals surface area contributed by atoms with Crippen molar-refractivity contribution in [3.8, 4) is 0 Å². The maximum Gasteiger partial charge on any atom is 0.309 e. The van der Waals surface area contributed by atoms with Gasteiger partial charge in [-0.05, 0) is 26.7 Å². The highest BCUT2D eigenvalue weighted by Crippen LogP contribution is 2.18. The molecule has 1 aliphatic rings.